The highest BCUT2D eigenvalue weighted by molar-refractivity contribution is 9.10. The van der Waals surface area contributed by atoms with E-state index < -0.39 is 5.60 Å². The predicted octanol–water partition coefficient (Wildman–Crippen LogP) is 1.18. The van der Waals surface area contributed by atoms with Crippen LogP contribution in [0.2, 0.25) is 0 Å². The van der Waals surface area contributed by atoms with Gasteiger partial charge in [0, 0.05) is 33.1 Å². The van der Waals surface area contributed by atoms with Gasteiger partial charge in [-0.2, -0.15) is 5.10 Å². The fraction of sp³-hybridized carbons (Fsp3) is 0.667. The number of hydrogen-bond donors (Lipinski definition) is 1. The largest absolute Gasteiger partial charge is 0.383 e. The van der Waals surface area contributed by atoms with Crippen LogP contribution in [0.3, 0.4) is 0 Å². The summed E-state index contributed by atoms with van der Waals surface area (Å²) in [4.78, 5) is 0. The van der Waals surface area contributed by atoms with Crippen LogP contribution >= 0.6 is 15.9 Å². The predicted molar refractivity (Wildman–Crippen MR) is 54.9 cm³/mol. The molecule has 2 heterocycles. The van der Waals surface area contributed by atoms with Crippen LogP contribution in [0.1, 0.15) is 18.5 Å². The van der Waals surface area contributed by atoms with E-state index in [9.17, 15) is 5.11 Å². The van der Waals surface area contributed by atoms with E-state index in [0.717, 1.165) is 10.2 Å². The van der Waals surface area contributed by atoms with E-state index in [1.807, 2.05) is 7.05 Å². The van der Waals surface area contributed by atoms with Gasteiger partial charge >= 0.3 is 0 Å². The summed E-state index contributed by atoms with van der Waals surface area (Å²) in [6.07, 6.45) is 2.97. The summed E-state index contributed by atoms with van der Waals surface area (Å²) in [5.41, 5.74) is 0.0586. The second-order valence-corrected chi connectivity index (χ2v) is 4.46. The molecule has 0 aliphatic carbocycles. The Labute approximate surface area is 91.0 Å². The van der Waals surface area contributed by atoms with Crippen molar-refractivity contribution < 1.29 is 9.84 Å². The number of aliphatic hydroxyl groups is 1. The Morgan fingerprint density at radius 1 is 1.57 bits per heavy atom. The molecule has 78 valence electrons. The average molecular weight is 261 g/mol. The van der Waals surface area contributed by atoms with E-state index >= 15 is 0 Å². The van der Waals surface area contributed by atoms with Gasteiger partial charge in [-0.05, 0) is 15.9 Å². The Balaban J connectivity index is 2.36. The maximum absolute atomic E-state index is 10.4. The molecule has 2 rings (SSSR count). The number of ether oxygens (including phenoxy) is 1. The minimum Gasteiger partial charge on any atom is -0.383 e. The zero-order chi connectivity index (χ0) is 10.2. The highest BCUT2D eigenvalue weighted by Crippen LogP contribution is 2.35. The normalized spacial score (nSPS) is 21.1. The Hall–Kier alpha value is -0.390. The second-order valence-electron chi connectivity index (χ2n) is 3.61. The van der Waals surface area contributed by atoms with E-state index in [0.29, 0.717) is 26.1 Å². The van der Waals surface area contributed by atoms with Crippen LogP contribution in [0, 0.1) is 0 Å². The first-order chi connectivity index (χ1) is 6.63. The van der Waals surface area contributed by atoms with Gasteiger partial charge in [-0.15, -0.1) is 0 Å². The van der Waals surface area contributed by atoms with Gasteiger partial charge in [-0.1, -0.05) is 0 Å². The smallest absolute Gasteiger partial charge is 0.112 e. The molecular formula is C9H13BrN2O2. The topological polar surface area (TPSA) is 47.3 Å². The fourth-order valence-corrected chi connectivity index (χ4v) is 2.60. The highest BCUT2D eigenvalue weighted by atomic mass is 79.9. The molecule has 1 aromatic heterocycles. The number of hydrogen-bond acceptors (Lipinski definition) is 3. The molecule has 0 radical (unpaired) electrons. The molecule has 0 aromatic carbocycles. The lowest BCUT2D eigenvalue weighted by molar-refractivity contribution is -0.0729. The maximum Gasteiger partial charge on any atom is 0.112 e. The van der Waals surface area contributed by atoms with Crippen molar-refractivity contribution >= 4 is 15.9 Å². The number of halogens is 1. The summed E-state index contributed by atoms with van der Waals surface area (Å²) < 4.78 is 7.82. The van der Waals surface area contributed by atoms with Gasteiger partial charge in [0.15, 0.2) is 0 Å². The van der Waals surface area contributed by atoms with Crippen LogP contribution in [-0.4, -0.2) is 28.1 Å². The van der Waals surface area contributed by atoms with E-state index in [4.69, 9.17) is 4.74 Å². The zero-order valence-electron chi connectivity index (χ0n) is 8.03. The summed E-state index contributed by atoms with van der Waals surface area (Å²) >= 11 is 3.40. The Morgan fingerprint density at radius 2 is 2.21 bits per heavy atom. The van der Waals surface area contributed by atoms with Gasteiger partial charge in [0.25, 0.3) is 0 Å². The summed E-state index contributed by atoms with van der Waals surface area (Å²) in [5, 5.41) is 14.5. The molecule has 1 saturated heterocycles. The van der Waals surface area contributed by atoms with Gasteiger partial charge in [0.05, 0.1) is 16.4 Å². The Kier molecular flexibility index (Phi) is 2.64. The summed E-state index contributed by atoms with van der Waals surface area (Å²) in [7, 11) is 1.84. The summed E-state index contributed by atoms with van der Waals surface area (Å²) in [5.74, 6) is 0. The molecule has 4 nitrogen and oxygen atoms in total. The third-order valence-corrected chi connectivity index (χ3v) is 3.24. The molecule has 0 spiro atoms. The summed E-state index contributed by atoms with van der Waals surface area (Å²) in [6.45, 7) is 1.21. The van der Waals surface area contributed by atoms with Crippen LogP contribution < -0.4 is 0 Å². The van der Waals surface area contributed by atoms with Gasteiger partial charge < -0.3 is 9.84 Å². The van der Waals surface area contributed by atoms with Crippen molar-refractivity contribution in [1.82, 2.24) is 9.78 Å². The average Bonchev–Trinajstić information content (AvgIpc) is 2.48. The molecule has 5 heteroatoms. The van der Waals surface area contributed by atoms with Gasteiger partial charge in [-0.3, -0.25) is 4.68 Å². The molecule has 1 aliphatic heterocycles. The minimum absolute atomic E-state index is 0.605. The quantitative estimate of drug-likeness (QED) is 0.825. The first-order valence-corrected chi connectivity index (χ1v) is 5.41. The first-order valence-electron chi connectivity index (χ1n) is 4.61. The molecule has 14 heavy (non-hydrogen) atoms. The number of rotatable bonds is 1. The number of aryl methyl sites for hydroxylation is 1. The molecule has 0 saturated carbocycles. The van der Waals surface area contributed by atoms with Crippen molar-refractivity contribution in [3.8, 4) is 0 Å². The van der Waals surface area contributed by atoms with Crippen LogP contribution in [-0.2, 0) is 17.4 Å². The monoisotopic (exact) mass is 260 g/mol. The maximum atomic E-state index is 10.4. The first kappa shape index (κ1) is 10.1. The summed E-state index contributed by atoms with van der Waals surface area (Å²) in [6, 6.07) is 0. The van der Waals surface area contributed by atoms with Crippen LogP contribution in [0.4, 0.5) is 0 Å². The lowest BCUT2D eigenvalue weighted by Gasteiger charge is -2.32. The molecule has 0 unspecified atom stereocenters. The highest BCUT2D eigenvalue weighted by Gasteiger charge is 2.36. The molecule has 0 amide bonds. The molecule has 1 aliphatic rings. The van der Waals surface area contributed by atoms with Gasteiger partial charge in [0.2, 0.25) is 0 Å². The van der Waals surface area contributed by atoms with Crippen molar-refractivity contribution in [2.75, 3.05) is 13.2 Å². The Morgan fingerprint density at radius 3 is 2.71 bits per heavy atom. The van der Waals surface area contributed by atoms with Crippen molar-refractivity contribution in [2.45, 2.75) is 18.4 Å². The molecular weight excluding hydrogens is 248 g/mol. The standard InChI is InChI=1S/C9H13BrN2O2/c1-12-8(7(10)6-11-12)9(13)2-4-14-5-3-9/h6,13H,2-5H2,1H3. The van der Waals surface area contributed by atoms with Crippen LogP contribution in [0.5, 0.6) is 0 Å². The van der Waals surface area contributed by atoms with E-state index in [1.165, 1.54) is 0 Å². The van der Waals surface area contributed by atoms with E-state index in [1.54, 1.807) is 10.9 Å². The van der Waals surface area contributed by atoms with Crippen molar-refractivity contribution in [3.63, 3.8) is 0 Å². The third kappa shape index (κ3) is 1.60. The van der Waals surface area contributed by atoms with E-state index in [2.05, 4.69) is 21.0 Å². The van der Waals surface area contributed by atoms with Gasteiger partial charge in [-0.25, -0.2) is 0 Å². The Bertz CT molecular complexity index is 312. The second kappa shape index (κ2) is 3.64. The van der Waals surface area contributed by atoms with Crippen LogP contribution in [0.25, 0.3) is 0 Å². The molecule has 1 N–H and O–H groups in total. The molecule has 0 atom stereocenters. The van der Waals surface area contributed by atoms with Crippen molar-refractivity contribution in [1.29, 1.82) is 0 Å². The molecule has 1 aromatic rings. The molecule has 0 bridgehead atoms. The van der Waals surface area contributed by atoms with E-state index in [-0.39, 0.29) is 0 Å². The van der Waals surface area contributed by atoms with Crippen LogP contribution in [0.15, 0.2) is 10.7 Å². The molecule has 1 fully saturated rings. The number of aromatic nitrogens is 2. The lowest BCUT2D eigenvalue weighted by atomic mass is 9.91. The van der Waals surface area contributed by atoms with Gasteiger partial charge in [0.1, 0.15) is 5.60 Å². The number of nitrogens with zero attached hydrogens (tertiary/aromatic N) is 2. The van der Waals surface area contributed by atoms with Crippen molar-refractivity contribution in [3.05, 3.63) is 16.4 Å². The lowest BCUT2D eigenvalue weighted by Crippen LogP contribution is -2.35. The third-order valence-electron chi connectivity index (χ3n) is 2.65. The minimum atomic E-state index is -0.789. The fourth-order valence-electron chi connectivity index (χ4n) is 1.88. The zero-order valence-corrected chi connectivity index (χ0v) is 9.62. The SMILES string of the molecule is Cn1ncc(Br)c1C1(O)CCOCC1. The van der Waals surface area contributed by atoms with Crippen molar-refractivity contribution in [2.24, 2.45) is 7.05 Å².